The van der Waals surface area contributed by atoms with Crippen molar-refractivity contribution in [2.24, 2.45) is 5.92 Å². The number of benzene rings is 2. The lowest BCUT2D eigenvalue weighted by atomic mass is 9.90. The van der Waals surface area contributed by atoms with Crippen LogP contribution in [0.25, 0.3) is 11.1 Å². The second-order valence-electron chi connectivity index (χ2n) is 8.50. The molecule has 194 valence electrons. The molecule has 4 nitrogen and oxygen atoms in total. The van der Waals surface area contributed by atoms with E-state index in [4.69, 9.17) is 4.74 Å². The van der Waals surface area contributed by atoms with Crippen LogP contribution in [-0.4, -0.2) is 35.6 Å². The highest BCUT2D eigenvalue weighted by atomic mass is 19.4. The number of amides is 1. The standard InChI is InChI=1S/C25H26N2O2.C2H3F3.C2H6/c1-19-6-7-22(21-8-12-26-13-9-21)17-25(19)29-24-5-3-2-4-23(24)16-20-10-14-27(18-28)15-11-20;1-2(3,4)5;1-2/h2-9,12-13,17-18,20H,10-11,14-16H2,1H3;1H3;1-2H3. The highest BCUT2D eigenvalue weighted by molar-refractivity contribution is 5.65. The van der Waals surface area contributed by atoms with Crippen molar-refractivity contribution < 1.29 is 22.7 Å². The van der Waals surface area contributed by atoms with Gasteiger partial charge in [0.1, 0.15) is 11.5 Å². The number of nitrogens with zero attached hydrogens (tertiary/aromatic N) is 2. The lowest BCUT2D eigenvalue weighted by Gasteiger charge is -2.29. The van der Waals surface area contributed by atoms with E-state index in [1.165, 1.54) is 5.56 Å². The average Bonchev–Trinajstić information content (AvgIpc) is 2.88. The number of halogens is 3. The molecule has 1 aliphatic rings. The van der Waals surface area contributed by atoms with Crippen LogP contribution in [0.3, 0.4) is 0 Å². The molecule has 0 atom stereocenters. The Morgan fingerprint density at radius 3 is 2.19 bits per heavy atom. The minimum Gasteiger partial charge on any atom is -0.457 e. The van der Waals surface area contributed by atoms with E-state index < -0.39 is 6.18 Å². The number of aryl methyl sites for hydroxylation is 1. The van der Waals surface area contributed by atoms with Crippen molar-refractivity contribution in [2.75, 3.05) is 13.1 Å². The number of aromatic nitrogens is 1. The summed E-state index contributed by atoms with van der Waals surface area (Å²) >= 11 is 0. The van der Waals surface area contributed by atoms with E-state index >= 15 is 0 Å². The van der Waals surface area contributed by atoms with Crippen LogP contribution in [0.1, 0.15) is 44.7 Å². The fourth-order valence-corrected chi connectivity index (χ4v) is 3.90. The zero-order valence-electron chi connectivity index (χ0n) is 21.4. The van der Waals surface area contributed by atoms with Crippen molar-refractivity contribution in [1.82, 2.24) is 9.88 Å². The van der Waals surface area contributed by atoms with E-state index in [9.17, 15) is 18.0 Å². The van der Waals surface area contributed by atoms with Crippen LogP contribution in [0.5, 0.6) is 11.5 Å². The van der Waals surface area contributed by atoms with Gasteiger partial charge in [-0.25, -0.2) is 0 Å². The highest BCUT2D eigenvalue weighted by Crippen LogP contribution is 2.33. The zero-order chi connectivity index (χ0) is 26.6. The molecule has 0 spiro atoms. The van der Waals surface area contributed by atoms with Gasteiger partial charge in [0.05, 0.1) is 0 Å². The predicted octanol–water partition coefficient (Wildman–Crippen LogP) is 7.86. The van der Waals surface area contributed by atoms with Crippen LogP contribution in [0.4, 0.5) is 13.2 Å². The molecule has 1 saturated heterocycles. The molecule has 0 bridgehead atoms. The molecular formula is C29H35F3N2O2. The van der Waals surface area contributed by atoms with Crippen LogP contribution in [-0.2, 0) is 11.2 Å². The monoisotopic (exact) mass is 500 g/mol. The summed E-state index contributed by atoms with van der Waals surface area (Å²) in [5.74, 6) is 2.38. The van der Waals surface area contributed by atoms with E-state index in [1.807, 2.05) is 36.9 Å². The van der Waals surface area contributed by atoms with Gasteiger partial charge in [-0.05, 0) is 78.6 Å². The van der Waals surface area contributed by atoms with Crippen LogP contribution >= 0.6 is 0 Å². The third kappa shape index (κ3) is 9.72. The Morgan fingerprint density at radius 2 is 1.58 bits per heavy atom. The molecule has 0 radical (unpaired) electrons. The first kappa shape index (κ1) is 28.9. The molecule has 1 fully saturated rings. The van der Waals surface area contributed by atoms with E-state index in [1.54, 1.807) is 12.4 Å². The molecule has 2 heterocycles. The molecule has 2 aromatic carbocycles. The van der Waals surface area contributed by atoms with E-state index in [-0.39, 0.29) is 6.92 Å². The highest BCUT2D eigenvalue weighted by Gasteiger charge is 2.20. The van der Waals surface area contributed by atoms with E-state index in [0.717, 1.165) is 67.0 Å². The Hall–Kier alpha value is -3.35. The number of para-hydroxylation sites is 1. The predicted molar refractivity (Wildman–Crippen MR) is 138 cm³/mol. The summed E-state index contributed by atoms with van der Waals surface area (Å²) in [5, 5.41) is 0. The molecule has 1 aliphatic heterocycles. The topological polar surface area (TPSA) is 42.4 Å². The van der Waals surface area contributed by atoms with Gasteiger partial charge in [-0.1, -0.05) is 44.2 Å². The molecular weight excluding hydrogens is 465 g/mol. The number of likely N-dealkylation sites (tertiary alicyclic amines) is 1. The number of ether oxygens (including phenoxy) is 1. The number of hydrogen-bond donors (Lipinski definition) is 0. The van der Waals surface area contributed by atoms with Crippen molar-refractivity contribution in [1.29, 1.82) is 0 Å². The summed E-state index contributed by atoms with van der Waals surface area (Å²) in [5.41, 5.74) is 4.58. The zero-order valence-corrected chi connectivity index (χ0v) is 21.4. The SMILES string of the molecule is CC.CC(F)(F)F.Cc1ccc(-c2ccncc2)cc1Oc1ccccc1CC1CCN(C=O)CC1. The lowest BCUT2D eigenvalue weighted by molar-refractivity contribution is -0.119. The first-order chi connectivity index (χ1) is 17.2. The number of pyridine rings is 1. The number of rotatable bonds is 6. The summed E-state index contributed by atoms with van der Waals surface area (Å²) < 4.78 is 37.5. The summed E-state index contributed by atoms with van der Waals surface area (Å²) in [6, 6.07) is 18.6. The van der Waals surface area contributed by atoms with Crippen molar-refractivity contribution >= 4 is 6.41 Å². The maximum atomic E-state index is 10.9. The Labute approximate surface area is 212 Å². The van der Waals surface area contributed by atoms with Crippen LogP contribution < -0.4 is 4.74 Å². The first-order valence-corrected chi connectivity index (χ1v) is 12.3. The molecule has 0 unspecified atom stereocenters. The van der Waals surface area contributed by atoms with Gasteiger partial charge < -0.3 is 9.64 Å². The molecule has 36 heavy (non-hydrogen) atoms. The number of carbonyl (C=O) groups is 1. The Bertz CT molecular complexity index is 1060. The lowest BCUT2D eigenvalue weighted by Crippen LogP contribution is -2.33. The van der Waals surface area contributed by atoms with Gasteiger partial charge in [-0.15, -0.1) is 0 Å². The van der Waals surface area contributed by atoms with Gasteiger partial charge in [0, 0.05) is 32.4 Å². The summed E-state index contributed by atoms with van der Waals surface area (Å²) in [6.07, 6.45) is 3.65. The van der Waals surface area contributed by atoms with Gasteiger partial charge in [-0.3, -0.25) is 9.78 Å². The van der Waals surface area contributed by atoms with E-state index in [2.05, 4.69) is 48.3 Å². The van der Waals surface area contributed by atoms with Gasteiger partial charge >= 0.3 is 6.18 Å². The van der Waals surface area contributed by atoms with Crippen molar-refractivity contribution in [2.45, 2.75) is 53.1 Å². The molecule has 0 saturated carbocycles. The summed E-state index contributed by atoms with van der Waals surface area (Å²) in [7, 11) is 0. The Kier molecular flexibility index (Phi) is 11.4. The Balaban J connectivity index is 0.000000583. The molecule has 4 rings (SSSR count). The normalized spacial score (nSPS) is 13.6. The maximum absolute atomic E-state index is 10.9. The molecule has 1 aromatic heterocycles. The summed E-state index contributed by atoms with van der Waals surface area (Å²) in [4.78, 5) is 16.9. The Morgan fingerprint density at radius 1 is 0.972 bits per heavy atom. The third-order valence-corrected chi connectivity index (χ3v) is 5.70. The number of piperidine rings is 1. The van der Waals surface area contributed by atoms with Crippen LogP contribution in [0.15, 0.2) is 67.0 Å². The van der Waals surface area contributed by atoms with Crippen molar-refractivity contribution in [3.63, 3.8) is 0 Å². The second-order valence-corrected chi connectivity index (χ2v) is 8.50. The largest absolute Gasteiger partial charge is 0.457 e. The molecule has 1 amide bonds. The molecule has 0 N–H and O–H groups in total. The van der Waals surface area contributed by atoms with Crippen molar-refractivity contribution in [3.05, 3.63) is 78.1 Å². The fourth-order valence-electron chi connectivity index (χ4n) is 3.90. The quantitative estimate of drug-likeness (QED) is 0.324. The molecule has 7 heteroatoms. The van der Waals surface area contributed by atoms with Crippen LogP contribution in [0.2, 0.25) is 0 Å². The minimum atomic E-state index is -4.00. The van der Waals surface area contributed by atoms with E-state index in [0.29, 0.717) is 5.92 Å². The minimum absolute atomic E-state index is 0.188. The summed E-state index contributed by atoms with van der Waals surface area (Å²) in [6.45, 7) is 7.96. The van der Waals surface area contributed by atoms with Gasteiger partial charge in [0.25, 0.3) is 0 Å². The van der Waals surface area contributed by atoms with Crippen LogP contribution in [0, 0.1) is 12.8 Å². The number of hydrogen-bond acceptors (Lipinski definition) is 3. The molecule has 3 aromatic rings. The average molecular weight is 501 g/mol. The number of carbonyl (C=O) groups excluding carboxylic acids is 1. The van der Waals surface area contributed by atoms with Gasteiger partial charge in [0.2, 0.25) is 6.41 Å². The van der Waals surface area contributed by atoms with Crippen molar-refractivity contribution in [3.8, 4) is 22.6 Å². The maximum Gasteiger partial charge on any atom is 0.386 e. The second kappa shape index (κ2) is 14.3. The fraction of sp³-hybridized carbons (Fsp3) is 0.379. The first-order valence-electron chi connectivity index (χ1n) is 12.3. The third-order valence-electron chi connectivity index (χ3n) is 5.70. The van der Waals surface area contributed by atoms with Gasteiger partial charge in [0.15, 0.2) is 0 Å². The molecule has 0 aliphatic carbocycles. The number of alkyl halides is 3. The van der Waals surface area contributed by atoms with Gasteiger partial charge in [-0.2, -0.15) is 13.2 Å². The smallest absolute Gasteiger partial charge is 0.386 e.